The molecule has 1 aromatic heterocycles. The number of likely N-dealkylation sites (N-methyl/N-ethyl adjacent to an activating group) is 1. The number of amides is 1. The maximum Gasteiger partial charge on any atom is 0.257 e. The minimum atomic E-state index is 0.0186. The molecule has 5 nitrogen and oxygen atoms in total. The van der Waals surface area contributed by atoms with Crippen LogP contribution in [0.1, 0.15) is 17.3 Å². The summed E-state index contributed by atoms with van der Waals surface area (Å²) in [6.07, 6.45) is 3.33. The molecule has 1 fully saturated rings. The monoisotopic (exact) mass is 311 g/mol. The molecule has 1 amide bonds. The maximum atomic E-state index is 12.9. The average molecular weight is 311 g/mol. The number of ether oxygens (including phenoxy) is 1. The van der Waals surface area contributed by atoms with Gasteiger partial charge in [-0.3, -0.25) is 9.78 Å². The van der Waals surface area contributed by atoms with E-state index in [1.165, 1.54) is 0 Å². The molecule has 1 aliphatic rings. The number of carbonyl (C=O) groups is 1. The van der Waals surface area contributed by atoms with Gasteiger partial charge >= 0.3 is 0 Å². The Labute approximate surface area is 136 Å². The summed E-state index contributed by atoms with van der Waals surface area (Å²) >= 11 is 0. The highest BCUT2D eigenvalue weighted by Gasteiger charge is 2.28. The third-order valence-corrected chi connectivity index (χ3v) is 4.07. The fourth-order valence-electron chi connectivity index (χ4n) is 2.86. The van der Waals surface area contributed by atoms with E-state index >= 15 is 0 Å². The molecule has 0 unspecified atom stereocenters. The first-order valence-electron chi connectivity index (χ1n) is 7.81. The minimum Gasteiger partial charge on any atom is -0.455 e. The van der Waals surface area contributed by atoms with Gasteiger partial charge in [0.05, 0.1) is 11.8 Å². The van der Waals surface area contributed by atoms with Gasteiger partial charge in [0.25, 0.3) is 5.91 Å². The van der Waals surface area contributed by atoms with E-state index in [1.54, 1.807) is 12.4 Å². The van der Waals surface area contributed by atoms with E-state index in [1.807, 2.05) is 41.3 Å². The van der Waals surface area contributed by atoms with Crippen LogP contribution in [-0.4, -0.2) is 53.4 Å². The lowest BCUT2D eigenvalue weighted by atomic mass is 10.1. The number of rotatable bonds is 3. The van der Waals surface area contributed by atoms with Crippen molar-refractivity contribution in [3.8, 4) is 11.5 Å². The highest BCUT2D eigenvalue weighted by molar-refractivity contribution is 5.97. The highest BCUT2D eigenvalue weighted by Crippen LogP contribution is 2.26. The van der Waals surface area contributed by atoms with Crippen molar-refractivity contribution in [2.24, 2.45) is 0 Å². The lowest BCUT2D eigenvalue weighted by molar-refractivity contribution is 0.0531. The predicted molar refractivity (Wildman–Crippen MR) is 88.7 cm³/mol. The summed E-state index contributed by atoms with van der Waals surface area (Å²) < 4.78 is 5.86. The summed E-state index contributed by atoms with van der Waals surface area (Å²) in [5.41, 5.74) is 0.591. The number of hydrogen-bond acceptors (Lipinski definition) is 4. The molecule has 0 aliphatic carbocycles. The fourth-order valence-corrected chi connectivity index (χ4v) is 2.86. The molecule has 0 bridgehead atoms. The molecule has 1 aliphatic heterocycles. The number of pyridine rings is 1. The number of piperazine rings is 1. The SMILES string of the molecule is C[C@@H]1CN(C)CCN1C(=O)c1ccccc1Oc1cccnc1. The molecule has 0 radical (unpaired) electrons. The third kappa shape index (κ3) is 3.51. The van der Waals surface area contributed by atoms with Gasteiger partial charge in [0.15, 0.2) is 0 Å². The molecule has 0 spiro atoms. The van der Waals surface area contributed by atoms with E-state index < -0.39 is 0 Å². The van der Waals surface area contributed by atoms with Crippen LogP contribution in [0, 0.1) is 0 Å². The van der Waals surface area contributed by atoms with Gasteiger partial charge in [-0.05, 0) is 38.2 Å². The summed E-state index contributed by atoms with van der Waals surface area (Å²) in [7, 11) is 2.08. The Morgan fingerprint density at radius 1 is 1.22 bits per heavy atom. The third-order valence-electron chi connectivity index (χ3n) is 4.07. The van der Waals surface area contributed by atoms with Gasteiger partial charge in [-0.15, -0.1) is 0 Å². The van der Waals surface area contributed by atoms with Crippen molar-refractivity contribution in [1.29, 1.82) is 0 Å². The zero-order valence-corrected chi connectivity index (χ0v) is 13.5. The molecule has 1 aromatic carbocycles. The zero-order chi connectivity index (χ0) is 16.2. The predicted octanol–water partition coefficient (Wildman–Crippen LogP) is 2.65. The molecular weight excluding hydrogens is 290 g/mol. The molecule has 0 saturated carbocycles. The number of para-hydroxylation sites is 1. The molecule has 1 saturated heterocycles. The Balaban J connectivity index is 1.84. The molecule has 2 aromatic rings. The van der Waals surface area contributed by atoms with Crippen LogP contribution in [0.3, 0.4) is 0 Å². The van der Waals surface area contributed by atoms with E-state index in [0.717, 1.165) is 19.6 Å². The Morgan fingerprint density at radius 3 is 2.78 bits per heavy atom. The van der Waals surface area contributed by atoms with Crippen molar-refractivity contribution >= 4 is 5.91 Å². The van der Waals surface area contributed by atoms with Crippen LogP contribution in [0.15, 0.2) is 48.8 Å². The van der Waals surface area contributed by atoms with Crippen molar-refractivity contribution in [1.82, 2.24) is 14.8 Å². The quantitative estimate of drug-likeness (QED) is 0.874. The van der Waals surface area contributed by atoms with E-state index in [4.69, 9.17) is 4.74 Å². The summed E-state index contributed by atoms with van der Waals surface area (Å²) in [5, 5.41) is 0. The van der Waals surface area contributed by atoms with Crippen molar-refractivity contribution in [2.75, 3.05) is 26.7 Å². The second-order valence-corrected chi connectivity index (χ2v) is 5.90. The van der Waals surface area contributed by atoms with Crippen molar-refractivity contribution in [3.05, 3.63) is 54.4 Å². The molecule has 3 rings (SSSR count). The van der Waals surface area contributed by atoms with Crippen LogP contribution in [0.4, 0.5) is 0 Å². The Hall–Kier alpha value is -2.40. The summed E-state index contributed by atoms with van der Waals surface area (Å²) in [4.78, 5) is 21.1. The van der Waals surface area contributed by atoms with Gasteiger partial charge in [0, 0.05) is 31.9 Å². The highest BCUT2D eigenvalue weighted by atomic mass is 16.5. The Morgan fingerprint density at radius 2 is 2.04 bits per heavy atom. The van der Waals surface area contributed by atoms with Gasteiger partial charge in [-0.2, -0.15) is 0 Å². The summed E-state index contributed by atoms with van der Waals surface area (Å²) in [6.45, 7) is 4.59. The summed E-state index contributed by atoms with van der Waals surface area (Å²) in [6, 6.07) is 11.2. The molecular formula is C18H21N3O2. The van der Waals surface area contributed by atoms with Crippen molar-refractivity contribution in [2.45, 2.75) is 13.0 Å². The first-order valence-corrected chi connectivity index (χ1v) is 7.81. The van der Waals surface area contributed by atoms with E-state index in [-0.39, 0.29) is 11.9 Å². The van der Waals surface area contributed by atoms with Crippen LogP contribution in [0.25, 0.3) is 0 Å². The van der Waals surface area contributed by atoms with Crippen LogP contribution < -0.4 is 4.74 Å². The largest absolute Gasteiger partial charge is 0.455 e. The van der Waals surface area contributed by atoms with Gasteiger partial charge in [0.2, 0.25) is 0 Å². The van der Waals surface area contributed by atoms with Crippen molar-refractivity contribution in [3.63, 3.8) is 0 Å². The number of nitrogens with zero attached hydrogens (tertiary/aromatic N) is 3. The lowest BCUT2D eigenvalue weighted by Crippen LogP contribution is -2.52. The van der Waals surface area contributed by atoms with Crippen LogP contribution in [0.5, 0.6) is 11.5 Å². The smallest absolute Gasteiger partial charge is 0.257 e. The second-order valence-electron chi connectivity index (χ2n) is 5.90. The van der Waals surface area contributed by atoms with Gasteiger partial charge in [0.1, 0.15) is 11.5 Å². The molecule has 5 heteroatoms. The Bertz CT molecular complexity index is 675. The molecule has 0 N–H and O–H groups in total. The number of benzene rings is 1. The van der Waals surface area contributed by atoms with E-state index in [9.17, 15) is 4.79 Å². The Kier molecular flexibility index (Phi) is 4.57. The molecule has 1 atom stereocenters. The van der Waals surface area contributed by atoms with Crippen LogP contribution in [-0.2, 0) is 0 Å². The van der Waals surface area contributed by atoms with Crippen LogP contribution in [0.2, 0.25) is 0 Å². The van der Waals surface area contributed by atoms with Crippen LogP contribution >= 0.6 is 0 Å². The fraction of sp³-hybridized carbons (Fsp3) is 0.333. The second kappa shape index (κ2) is 6.79. The molecule has 2 heterocycles. The van der Waals surface area contributed by atoms with Crippen molar-refractivity contribution < 1.29 is 9.53 Å². The topological polar surface area (TPSA) is 45.7 Å². The maximum absolute atomic E-state index is 12.9. The first-order chi connectivity index (χ1) is 11.1. The summed E-state index contributed by atoms with van der Waals surface area (Å²) in [5.74, 6) is 1.21. The first kappa shape index (κ1) is 15.5. The van der Waals surface area contributed by atoms with Gasteiger partial charge in [-0.25, -0.2) is 0 Å². The number of hydrogen-bond donors (Lipinski definition) is 0. The average Bonchev–Trinajstić information content (AvgIpc) is 2.56. The normalized spacial score (nSPS) is 18.7. The molecule has 23 heavy (non-hydrogen) atoms. The van der Waals surface area contributed by atoms with Gasteiger partial charge < -0.3 is 14.5 Å². The standard InChI is InChI=1S/C18H21N3O2/c1-14-13-20(2)10-11-21(14)18(22)16-7-3-4-8-17(16)23-15-6-5-9-19-12-15/h3-9,12,14H,10-11,13H2,1-2H3/t14-/m1/s1. The lowest BCUT2D eigenvalue weighted by Gasteiger charge is -2.38. The number of carbonyl (C=O) groups excluding carboxylic acids is 1. The van der Waals surface area contributed by atoms with Gasteiger partial charge in [-0.1, -0.05) is 12.1 Å². The van der Waals surface area contributed by atoms with E-state index in [2.05, 4.69) is 23.9 Å². The number of aromatic nitrogens is 1. The van der Waals surface area contributed by atoms with E-state index in [0.29, 0.717) is 17.1 Å². The minimum absolute atomic E-state index is 0.0186. The zero-order valence-electron chi connectivity index (χ0n) is 13.5. The molecule has 120 valence electrons.